The highest BCUT2D eigenvalue weighted by atomic mass is 35.5. The number of rotatable bonds is 4. The SMILES string of the molecule is CCc1cc(Oc2ncc(CN)cc2Cl)ccc1Cl. The Morgan fingerprint density at radius 2 is 2.00 bits per heavy atom. The van der Waals surface area contributed by atoms with Crippen molar-refractivity contribution in [3.05, 3.63) is 51.6 Å². The van der Waals surface area contributed by atoms with Crippen LogP contribution in [0.15, 0.2) is 30.5 Å². The van der Waals surface area contributed by atoms with Gasteiger partial charge in [-0.2, -0.15) is 0 Å². The summed E-state index contributed by atoms with van der Waals surface area (Å²) in [5.74, 6) is 1.03. The number of ether oxygens (including phenoxy) is 1. The second-order valence-electron chi connectivity index (χ2n) is 4.04. The van der Waals surface area contributed by atoms with Gasteiger partial charge in [-0.05, 0) is 41.8 Å². The van der Waals surface area contributed by atoms with E-state index < -0.39 is 0 Å². The number of pyridine rings is 1. The van der Waals surface area contributed by atoms with E-state index in [0.29, 0.717) is 23.2 Å². The number of aromatic nitrogens is 1. The first-order valence-electron chi connectivity index (χ1n) is 5.94. The van der Waals surface area contributed by atoms with E-state index in [-0.39, 0.29) is 0 Å². The number of benzene rings is 1. The molecule has 1 aromatic heterocycles. The molecule has 0 atom stereocenters. The quantitative estimate of drug-likeness (QED) is 0.920. The maximum atomic E-state index is 6.09. The molecule has 2 aromatic rings. The molecule has 0 saturated heterocycles. The molecule has 1 heterocycles. The number of hydrogen-bond donors (Lipinski definition) is 1. The van der Waals surface area contributed by atoms with Crippen LogP contribution in [0.1, 0.15) is 18.1 Å². The molecule has 0 aliphatic rings. The van der Waals surface area contributed by atoms with Crippen molar-refractivity contribution in [3.63, 3.8) is 0 Å². The van der Waals surface area contributed by atoms with Gasteiger partial charge in [0.25, 0.3) is 0 Å². The fraction of sp³-hybridized carbons (Fsp3) is 0.214. The van der Waals surface area contributed by atoms with Crippen LogP contribution in [0.4, 0.5) is 0 Å². The third kappa shape index (κ3) is 3.38. The lowest BCUT2D eigenvalue weighted by Gasteiger charge is -2.09. The molecule has 0 fully saturated rings. The third-order valence-corrected chi connectivity index (χ3v) is 3.35. The van der Waals surface area contributed by atoms with Gasteiger partial charge >= 0.3 is 0 Å². The standard InChI is InChI=1S/C14H14Cl2N2O/c1-2-10-6-11(3-4-12(10)15)19-14-13(16)5-9(7-17)8-18-14/h3-6,8H,2,7,17H2,1H3. The Morgan fingerprint density at radius 1 is 1.21 bits per heavy atom. The van der Waals surface area contributed by atoms with Gasteiger partial charge in [0.15, 0.2) is 0 Å². The molecule has 0 amide bonds. The minimum atomic E-state index is 0.364. The van der Waals surface area contributed by atoms with Crippen LogP contribution in [0.5, 0.6) is 11.6 Å². The molecule has 19 heavy (non-hydrogen) atoms. The van der Waals surface area contributed by atoms with Crippen molar-refractivity contribution in [3.8, 4) is 11.6 Å². The summed E-state index contributed by atoms with van der Waals surface area (Å²) in [7, 11) is 0. The van der Waals surface area contributed by atoms with Crippen molar-refractivity contribution in [2.75, 3.05) is 0 Å². The van der Waals surface area contributed by atoms with Gasteiger partial charge in [-0.15, -0.1) is 0 Å². The van der Waals surface area contributed by atoms with Crippen LogP contribution in [0, 0.1) is 0 Å². The molecule has 3 nitrogen and oxygen atoms in total. The predicted octanol–water partition coefficient (Wildman–Crippen LogP) is 4.20. The zero-order valence-corrected chi connectivity index (χ0v) is 12.0. The Kier molecular flexibility index (Phi) is 4.64. The molecule has 0 saturated carbocycles. The van der Waals surface area contributed by atoms with Crippen LogP contribution in [-0.2, 0) is 13.0 Å². The Morgan fingerprint density at radius 3 is 2.63 bits per heavy atom. The largest absolute Gasteiger partial charge is 0.438 e. The number of nitrogens with two attached hydrogens (primary N) is 1. The summed E-state index contributed by atoms with van der Waals surface area (Å²) in [4.78, 5) is 4.16. The van der Waals surface area contributed by atoms with Crippen molar-refractivity contribution in [2.45, 2.75) is 19.9 Å². The van der Waals surface area contributed by atoms with E-state index in [1.807, 2.05) is 13.0 Å². The Labute approximate surface area is 122 Å². The lowest BCUT2D eigenvalue weighted by atomic mass is 10.1. The zero-order chi connectivity index (χ0) is 13.8. The molecule has 100 valence electrons. The lowest BCUT2D eigenvalue weighted by Crippen LogP contribution is -1.98. The van der Waals surface area contributed by atoms with Gasteiger partial charge in [0.05, 0.1) is 0 Å². The highest BCUT2D eigenvalue weighted by molar-refractivity contribution is 6.32. The summed E-state index contributed by atoms with van der Waals surface area (Å²) in [5, 5.41) is 1.17. The van der Waals surface area contributed by atoms with Gasteiger partial charge in [-0.1, -0.05) is 30.1 Å². The van der Waals surface area contributed by atoms with Crippen molar-refractivity contribution < 1.29 is 4.74 Å². The van der Waals surface area contributed by atoms with Crippen molar-refractivity contribution in [2.24, 2.45) is 5.73 Å². The summed E-state index contributed by atoms with van der Waals surface area (Å²) in [6.07, 6.45) is 2.49. The van der Waals surface area contributed by atoms with E-state index in [0.717, 1.165) is 22.6 Å². The normalized spacial score (nSPS) is 10.5. The molecule has 5 heteroatoms. The van der Waals surface area contributed by atoms with Crippen LogP contribution >= 0.6 is 23.2 Å². The summed E-state index contributed by atoms with van der Waals surface area (Å²) in [5.41, 5.74) is 7.41. The van der Waals surface area contributed by atoms with E-state index in [4.69, 9.17) is 33.7 Å². The zero-order valence-electron chi connectivity index (χ0n) is 10.5. The smallest absolute Gasteiger partial charge is 0.238 e. The number of aryl methyl sites for hydroxylation is 1. The molecular weight excluding hydrogens is 283 g/mol. The topological polar surface area (TPSA) is 48.1 Å². The molecule has 0 spiro atoms. The number of halogens is 2. The fourth-order valence-corrected chi connectivity index (χ4v) is 2.13. The molecule has 0 unspecified atom stereocenters. The van der Waals surface area contributed by atoms with Gasteiger partial charge in [0, 0.05) is 17.8 Å². The molecule has 1 aromatic carbocycles. The lowest BCUT2D eigenvalue weighted by molar-refractivity contribution is 0.462. The molecular formula is C14H14Cl2N2O. The summed E-state index contributed by atoms with van der Waals surface area (Å²) >= 11 is 12.2. The predicted molar refractivity (Wildman–Crippen MR) is 78.0 cm³/mol. The first-order chi connectivity index (χ1) is 9.13. The van der Waals surface area contributed by atoms with Crippen LogP contribution in [0.2, 0.25) is 10.0 Å². The molecule has 2 N–H and O–H groups in total. The van der Waals surface area contributed by atoms with Crippen LogP contribution in [-0.4, -0.2) is 4.98 Å². The average molecular weight is 297 g/mol. The van der Waals surface area contributed by atoms with Crippen LogP contribution < -0.4 is 10.5 Å². The average Bonchev–Trinajstić information content (AvgIpc) is 2.43. The molecule has 2 rings (SSSR count). The maximum absolute atomic E-state index is 6.09. The molecule has 0 aliphatic heterocycles. The summed E-state index contributed by atoms with van der Waals surface area (Å²) in [6, 6.07) is 7.23. The van der Waals surface area contributed by atoms with Crippen LogP contribution in [0.3, 0.4) is 0 Å². The second-order valence-corrected chi connectivity index (χ2v) is 4.86. The monoisotopic (exact) mass is 296 g/mol. The Balaban J connectivity index is 2.26. The van der Waals surface area contributed by atoms with E-state index in [9.17, 15) is 0 Å². The van der Waals surface area contributed by atoms with Crippen LogP contribution in [0.25, 0.3) is 0 Å². The maximum Gasteiger partial charge on any atom is 0.238 e. The minimum absolute atomic E-state index is 0.364. The van der Waals surface area contributed by atoms with Gasteiger partial charge < -0.3 is 10.5 Å². The van der Waals surface area contributed by atoms with Crippen molar-refractivity contribution in [1.29, 1.82) is 0 Å². The van der Waals surface area contributed by atoms with Gasteiger partial charge in [0.2, 0.25) is 5.88 Å². The van der Waals surface area contributed by atoms with E-state index in [1.54, 1.807) is 24.4 Å². The highest BCUT2D eigenvalue weighted by Gasteiger charge is 2.07. The van der Waals surface area contributed by atoms with Gasteiger partial charge in [0.1, 0.15) is 10.8 Å². The van der Waals surface area contributed by atoms with E-state index in [1.165, 1.54) is 0 Å². The number of hydrogen-bond acceptors (Lipinski definition) is 3. The summed E-state index contributed by atoms with van der Waals surface area (Å²) < 4.78 is 5.66. The molecule has 0 radical (unpaired) electrons. The van der Waals surface area contributed by atoms with Gasteiger partial charge in [-0.3, -0.25) is 0 Å². The molecule has 0 aliphatic carbocycles. The Bertz CT molecular complexity index is 588. The van der Waals surface area contributed by atoms with E-state index >= 15 is 0 Å². The second kappa shape index (κ2) is 6.24. The summed E-state index contributed by atoms with van der Waals surface area (Å²) in [6.45, 7) is 2.43. The fourth-order valence-electron chi connectivity index (χ4n) is 1.65. The molecule has 0 bridgehead atoms. The van der Waals surface area contributed by atoms with E-state index in [2.05, 4.69) is 4.98 Å². The van der Waals surface area contributed by atoms with Crippen molar-refractivity contribution in [1.82, 2.24) is 4.98 Å². The van der Waals surface area contributed by atoms with Gasteiger partial charge in [-0.25, -0.2) is 4.98 Å². The first-order valence-corrected chi connectivity index (χ1v) is 6.70. The first kappa shape index (κ1) is 14.1. The van der Waals surface area contributed by atoms with Crippen molar-refractivity contribution >= 4 is 23.2 Å². The minimum Gasteiger partial charge on any atom is -0.438 e. The Hall–Kier alpha value is -1.29. The number of nitrogens with zero attached hydrogens (tertiary/aromatic N) is 1. The highest BCUT2D eigenvalue weighted by Crippen LogP contribution is 2.30. The third-order valence-electron chi connectivity index (χ3n) is 2.71.